The van der Waals surface area contributed by atoms with Gasteiger partial charge in [0.05, 0.1) is 6.61 Å². The van der Waals surface area contributed by atoms with Crippen molar-refractivity contribution < 1.29 is 19.1 Å². The molecule has 2 aromatic rings. The van der Waals surface area contributed by atoms with Gasteiger partial charge in [-0.1, -0.05) is 0 Å². The first-order valence-corrected chi connectivity index (χ1v) is 4.83. The molecule has 7 nitrogen and oxygen atoms in total. The number of rotatable bonds is 4. The average Bonchev–Trinajstić information content (AvgIpc) is 2.85. The van der Waals surface area contributed by atoms with E-state index in [2.05, 4.69) is 10.1 Å². The average molecular weight is 237 g/mol. The summed E-state index contributed by atoms with van der Waals surface area (Å²) >= 11 is 0. The molecule has 0 aromatic carbocycles. The number of carbonyl (C=O) groups is 1. The highest BCUT2D eigenvalue weighted by Crippen LogP contribution is 2.20. The van der Waals surface area contributed by atoms with E-state index in [-0.39, 0.29) is 24.0 Å². The van der Waals surface area contributed by atoms with E-state index < -0.39 is 5.97 Å². The van der Waals surface area contributed by atoms with Crippen LogP contribution in [0.4, 0.5) is 0 Å². The lowest BCUT2D eigenvalue weighted by atomic mass is 10.3. The number of methoxy groups -OCH3 is 1. The lowest BCUT2D eigenvalue weighted by Gasteiger charge is -1.92. The molecule has 2 rings (SSSR count). The standard InChI is InChI=1S/C10H11N3O4/c1-13-4-3-6(12-13)9-11-7(5-16-2)8(17-9)10(14)15/h3-4H,5H2,1-2H3,(H,14,15). The largest absolute Gasteiger partial charge is 0.475 e. The van der Waals surface area contributed by atoms with Crippen LogP contribution in [0.2, 0.25) is 0 Å². The van der Waals surface area contributed by atoms with Gasteiger partial charge in [-0.25, -0.2) is 9.78 Å². The molecule has 2 aromatic heterocycles. The van der Waals surface area contributed by atoms with Crippen molar-refractivity contribution in [2.45, 2.75) is 6.61 Å². The number of ether oxygens (including phenoxy) is 1. The zero-order valence-corrected chi connectivity index (χ0v) is 9.38. The first kappa shape index (κ1) is 11.3. The molecule has 0 atom stereocenters. The Morgan fingerprint density at radius 2 is 2.41 bits per heavy atom. The topological polar surface area (TPSA) is 90.4 Å². The second kappa shape index (κ2) is 4.38. The summed E-state index contributed by atoms with van der Waals surface area (Å²) in [5, 5.41) is 13.0. The second-order valence-corrected chi connectivity index (χ2v) is 3.41. The van der Waals surface area contributed by atoms with Crippen LogP contribution in [0.3, 0.4) is 0 Å². The van der Waals surface area contributed by atoms with Gasteiger partial charge in [0.1, 0.15) is 11.4 Å². The summed E-state index contributed by atoms with van der Waals surface area (Å²) in [4.78, 5) is 15.0. The van der Waals surface area contributed by atoms with E-state index in [1.54, 1.807) is 24.0 Å². The highest BCUT2D eigenvalue weighted by molar-refractivity contribution is 5.86. The monoisotopic (exact) mass is 237 g/mol. The summed E-state index contributed by atoms with van der Waals surface area (Å²) in [6, 6.07) is 1.69. The Morgan fingerprint density at radius 1 is 1.65 bits per heavy atom. The molecule has 0 spiro atoms. The van der Waals surface area contributed by atoms with Crippen molar-refractivity contribution in [2.24, 2.45) is 7.05 Å². The summed E-state index contributed by atoms with van der Waals surface area (Å²) in [6.45, 7) is 0.0813. The fourth-order valence-corrected chi connectivity index (χ4v) is 1.39. The van der Waals surface area contributed by atoms with Crippen LogP contribution >= 0.6 is 0 Å². The van der Waals surface area contributed by atoms with E-state index >= 15 is 0 Å². The molecule has 0 amide bonds. The van der Waals surface area contributed by atoms with Gasteiger partial charge in [-0.05, 0) is 6.07 Å². The van der Waals surface area contributed by atoms with Gasteiger partial charge < -0.3 is 14.3 Å². The molecule has 1 N–H and O–H groups in total. The molecule has 0 saturated carbocycles. The molecule has 0 unspecified atom stereocenters. The molecule has 0 aliphatic rings. The fraction of sp³-hybridized carbons (Fsp3) is 0.300. The zero-order chi connectivity index (χ0) is 12.4. The van der Waals surface area contributed by atoms with Crippen molar-refractivity contribution in [3.63, 3.8) is 0 Å². The van der Waals surface area contributed by atoms with Gasteiger partial charge in [0, 0.05) is 20.4 Å². The van der Waals surface area contributed by atoms with Crippen molar-refractivity contribution in [2.75, 3.05) is 7.11 Å². The lowest BCUT2D eigenvalue weighted by molar-refractivity contribution is 0.0656. The summed E-state index contributed by atoms with van der Waals surface area (Å²) in [5.41, 5.74) is 0.734. The summed E-state index contributed by atoms with van der Waals surface area (Å²) in [5.74, 6) is -1.21. The van der Waals surface area contributed by atoms with Crippen LogP contribution in [0.1, 0.15) is 16.2 Å². The predicted molar refractivity (Wildman–Crippen MR) is 56.4 cm³/mol. The number of nitrogens with zero attached hydrogens (tertiary/aromatic N) is 3. The third kappa shape index (κ3) is 2.18. The molecule has 7 heteroatoms. The molecule has 90 valence electrons. The second-order valence-electron chi connectivity index (χ2n) is 3.41. The van der Waals surface area contributed by atoms with E-state index in [0.717, 1.165) is 0 Å². The Hall–Kier alpha value is -2.15. The number of carboxylic acid groups (broad SMARTS) is 1. The Labute approximate surface area is 96.6 Å². The first-order valence-electron chi connectivity index (χ1n) is 4.83. The van der Waals surface area contributed by atoms with Gasteiger partial charge in [-0.15, -0.1) is 0 Å². The number of carboxylic acids is 1. The molecule has 0 saturated heterocycles. The maximum Gasteiger partial charge on any atom is 0.373 e. The summed E-state index contributed by atoms with van der Waals surface area (Å²) < 4.78 is 11.6. The molecule has 0 aliphatic heterocycles. The van der Waals surface area contributed by atoms with Crippen LogP contribution in [0.5, 0.6) is 0 Å². The van der Waals surface area contributed by atoms with Crippen molar-refractivity contribution in [3.05, 3.63) is 23.7 Å². The van der Waals surface area contributed by atoms with Gasteiger partial charge >= 0.3 is 5.97 Å². The zero-order valence-electron chi connectivity index (χ0n) is 9.38. The molecule has 0 bridgehead atoms. The predicted octanol–water partition coefficient (Wildman–Crippen LogP) is 0.920. The quantitative estimate of drug-likeness (QED) is 0.850. The Balaban J connectivity index is 2.43. The van der Waals surface area contributed by atoms with Gasteiger partial charge in [-0.3, -0.25) is 4.68 Å². The maximum atomic E-state index is 10.9. The van der Waals surface area contributed by atoms with E-state index in [0.29, 0.717) is 5.69 Å². The van der Waals surface area contributed by atoms with Gasteiger partial charge in [0.2, 0.25) is 11.7 Å². The number of aromatic carboxylic acids is 1. The summed E-state index contributed by atoms with van der Waals surface area (Å²) in [7, 11) is 3.21. The van der Waals surface area contributed by atoms with E-state index in [4.69, 9.17) is 14.3 Å². The fourth-order valence-electron chi connectivity index (χ4n) is 1.39. The minimum Gasteiger partial charge on any atom is -0.475 e. The van der Waals surface area contributed by atoms with E-state index in [1.807, 2.05) is 0 Å². The SMILES string of the molecule is COCc1nc(-c2ccn(C)n2)oc1C(=O)O. The van der Waals surface area contributed by atoms with Crippen LogP contribution in [0.15, 0.2) is 16.7 Å². The van der Waals surface area contributed by atoms with Crippen LogP contribution in [0.25, 0.3) is 11.6 Å². The highest BCUT2D eigenvalue weighted by Gasteiger charge is 2.21. The van der Waals surface area contributed by atoms with E-state index in [9.17, 15) is 4.79 Å². The molecular weight excluding hydrogens is 226 g/mol. The third-order valence-corrected chi connectivity index (χ3v) is 2.11. The van der Waals surface area contributed by atoms with Crippen molar-refractivity contribution >= 4 is 5.97 Å². The molecule has 0 radical (unpaired) electrons. The van der Waals surface area contributed by atoms with Crippen LogP contribution in [-0.2, 0) is 18.4 Å². The van der Waals surface area contributed by atoms with Crippen molar-refractivity contribution in [3.8, 4) is 11.6 Å². The Bertz CT molecular complexity index is 543. The van der Waals surface area contributed by atoms with Crippen LogP contribution < -0.4 is 0 Å². The van der Waals surface area contributed by atoms with Crippen molar-refractivity contribution in [1.82, 2.24) is 14.8 Å². The molecule has 0 aliphatic carbocycles. The minimum atomic E-state index is -1.17. The smallest absolute Gasteiger partial charge is 0.373 e. The van der Waals surface area contributed by atoms with Crippen LogP contribution in [0, 0.1) is 0 Å². The molecule has 0 fully saturated rings. The number of aryl methyl sites for hydroxylation is 1. The van der Waals surface area contributed by atoms with Crippen LogP contribution in [-0.4, -0.2) is 33.0 Å². The first-order chi connectivity index (χ1) is 8.11. The summed E-state index contributed by atoms with van der Waals surface area (Å²) in [6.07, 6.45) is 1.72. The van der Waals surface area contributed by atoms with Gasteiger partial charge in [0.15, 0.2) is 0 Å². The third-order valence-electron chi connectivity index (χ3n) is 2.11. The molecule has 17 heavy (non-hydrogen) atoms. The molecular formula is C10H11N3O4. The van der Waals surface area contributed by atoms with Crippen molar-refractivity contribution in [1.29, 1.82) is 0 Å². The highest BCUT2D eigenvalue weighted by atomic mass is 16.5. The number of oxazole rings is 1. The minimum absolute atomic E-state index is 0.0813. The maximum absolute atomic E-state index is 10.9. The lowest BCUT2D eigenvalue weighted by Crippen LogP contribution is -2.00. The van der Waals surface area contributed by atoms with Gasteiger partial charge in [-0.2, -0.15) is 5.10 Å². The van der Waals surface area contributed by atoms with E-state index in [1.165, 1.54) is 7.11 Å². The number of hydrogen-bond acceptors (Lipinski definition) is 5. The number of hydrogen-bond donors (Lipinski definition) is 1. The Kier molecular flexibility index (Phi) is 2.92. The normalized spacial score (nSPS) is 10.7. The Morgan fingerprint density at radius 3 is 2.94 bits per heavy atom. The molecule has 2 heterocycles. The van der Waals surface area contributed by atoms with Gasteiger partial charge in [0.25, 0.3) is 0 Å². The number of aromatic nitrogens is 3.